The predicted octanol–water partition coefficient (Wildman–Crippen LogP) is 4.82. The number of benzene rings is 1. The maximum absolute atomic E-state index is 12.8. The Morgan fingerprint density at radius 1 is 1.18 bits per heavy atom. The fourth-order valence-electron chi connectivity index (χ4n) is 1.16. The van der Waals surface area contributed by atoms with E-state index in [-0.39, 0.29) is 10.9 Å². The fraction of sp³-hybridized carbons (Fsp3) is 0.429. The Kier molecular flexibility index (Phi) is 3.82. The second-order valence-corrected chi connectivity index (χ2v) is 10.5. The molecule has 0 heterocycles. The van der Waals surface area contributed by atoms with Crippen LogP contribution in [0.15, 0.2) is 30.8 Å². The van der Waals surface area contributed by atoms with Crippen LogP contribution in [0.5, 0.6) is 0 Å². The van der Waals surface area contributed by atoms with E-state index < -0.39 is 8.32 Å². The minimum Gasteiger partial charge on any atom is -0.543 e. The van der Waals surface area contributed by atoms with E-state index >= 15 is 0 Å². The molecule has 0 unspecified atom stereocenters. The molecule has 1 aromatic carbocycles. The van der Waals surface area contributed by atoms with Crippen molar-refractivity contribution in [3.05, 3.63) is 42.2 Å². The molecule has 3 heteroatoms. The van der Waals surface area contributed by atoms with Gasteiger partial charge in [0.05, 0.1) is 0 Å². The summed E-state index contributed by atoms with van der Waals surface area (Å²) in [6, 6.07) is 6.25. The van der Waals surface area contributed by atoms with Crippen molar-refractivity contribution >= 4 is 14.1 Å². The minimum atomic E-state index is -1.86. The van der Waals surface area contributed by atoms with E-state index in [1.54, 1.807) is 12.1 Å². The van der Waals surface area contributed by atoms with Gasteiger partial charge in [-0.3, -0.25) is 0 Å². The van der Waals surface area contributed by atoms with E-state index in [0.717, 1.165) is 5.56 Å². The van der Waals surface area contributed by atoms with E-state index in [1.165, 1.54) is 12.1 Å². The first-order valence-electron chi connectivity index (χ1n) is 5.77. The second-order valence-electron chi connectivity index (χ2n) is 5.79. The molecule has 1 rings (SSSR count). The van der Waals surface area contributed by atoms with Gasteiger partial charge < -0.3 is 4.43 Å². The molecular weight excluding hydrogens is 231 g/mol. The number of halogens is 1. The van der Waals surface area contributed by atoms with Gasteiger partial charge in [-0.1, -0.05) is 27.4 Å². The summed E-state index contributed by atoms with van der Waals surface area (Å²) in [5, 5.41) is 0.135. The smallest absolute Gasteiger partial charge is 0.250 e. The molecule has 0 spiro atoms. The molecule has 17 heavy (non-hydrogen) atoms. The second kappa shape index (κ2) is 4.65. The molecule has 0 bridgehead atoms. The van der Waals surface area contributed by atoms with Crippen molar-refractivity contribution < 1.29 is 8.82 Å². The van der Waals surface area contributed by atoms with Crippen molar-refractivity contribution in [2.75, 3.05) is 0 Å². The highest BCUT2D eigenvalue weighted by molar-refractivity contribution is 6.74. The van der Waals surface area contributed by atoms with Gasteiger partial charge in [-0.15, -0.1) is 0 Å². The lowest BCUT2D eigenvalue weighted by Gasteiger charge is -2.37. The molecule has 0 radical (unpaired) electrons. The van der Waals surface area contributed by atoms with E-state index in [2.05, 4.69) is 40.4 Å². The van der Waals surface area contributed by atoms with Crippen molar-refractivity contribution in [3.63, 3.8) is 0 Å². The first-order valence-corrected chi connectivity index (χ1v) is 8.68. The van der Waals surface area contributed by atoms with E-state index in [1.807, 2.05) is 0 Å². The van der Waals surface area contributed by atoms with E-state index in [4.69, 9.17) is 4.43 Å². The summed E-state index contributed by atoms with van der Waals surface area (Å²) in [6.07, 6.45) is 0. The molecule has 0 atom stereocenters. The van der Waals surface area contributed by atoms with Gasteiger partial charge >= 0.3 is 0 Å². The molecular formula is C14H21FOSi. The molecule has 0 N–H and O–H groups in total. The standard InChI is InChI=1S/C14H21FOSi/c1-11(12-7-9-13(15)10-8-12)16-17(5,6)14(2,3)4/h7-10H,1H2,2-6H3. The zero-order valence-corrected chi connectivity index (χ0v) is 12.3. The first-order chi connectivity index (χ1) is 7.63. The SMILES string of the molecule is C=C(O[Si](C)(C)C(C)(C)C)c1ccc(F)cc1. The minimum absolute atomic E-state index is 0.135. The zero-order valence-electron chi connectivity index (χ0n) is 11.3. The average Bonchev–Trinajstić information content (AvgIpc) is 2.16. The normalized spacial score (nSPS) is 12.4. The molecule has 0 saturated heterocycles. The molecule has 0 aliphatic rings. The van der Waals surface area contributed by atoms with Crippen LogP contribution in [0.4, 0.5) is 4.39 Å². The molecule has 0 aliphatic heterocycles. The van der Waals surface area contributed by atoms with Crippen LogP contribution in [0.1, 0.15) is 26.3 Å². The van der Waals surface area contributed by atoms with E-state index in [9.17, 15) is 4.39 Å². The zero-order chi connectivity index (χ0) is 13.3. The summed E-state index contributed by atoms with van der Waals surface area (Å²) in [5.41, 5.74) is 0.844. The third-order valence-electron chi connectivity index (χ3n) is 3.35. The maximum Gasteiger partial charge on any atom is 0.250 e. The van der Waals surface area contributed by atoms with Crippen molar-refractivity contribution in [2.24, 2.45) is 0 Å². The van der Waals surface area contributed by atoms with Crippen LogP contribution in [-0.2, 0) is 4.43 Å². The lowest BCUT2D eigenvalue weighted by Crippen LogP contribution is -2.40. The maximum atomic E-state index is 12.8. The van der Waals surface area contributed by atoms with Crippen LogP contribution < -0.4 is 0 Å². The molecule has 0 amide bonds. The Labute approximate surface area is 104 Å². The van der Waals surface area contributed by atoms with Crippen molar-refractivity contribution in [3.8, 4) is 0 Å². The molecule has 94 valence electrons. The molecule has 1 nitrogen and oxygen atoms in total. The van der Waals surface area contributed by atoms with Gasteiger partial charge in [-0.25, -0.2) is 4.39 Å². The van der Waals surface area contributed by atoms with Crippen LogP contribution in [0, 0.1) is 5.82 Å². The summed E-state index contributed by atoms with van der Waals surface area (Å²) in [4.78, 5) is 0. The van der Waals surface area contributed by atoms with Gasteiger partial charge in [0.15, 0.2) is 0 Å². The van der Waals surface area contributed by atoms with Gasteiger partial charge in [0, 0.05) is 5.56 Å². The van der Waals surface area contributed by atoms with Crippen LogP contribution in [-0.4, -0.2) is 8.32 Å². The Morgan fingerprint density at radius 2 is 1.65 bits per heavy atom. The third-order valence-corrected chi connectivity index (χ3v) is 7.72. The highest BCUT2D eigenvalue weighted by atomic mass is 28.4. The third kappa shape index (κ3) is 3.43. The Hall–Kier alpha value is -1.09. The Bertz CT molecular complexity index is 401. The number of hydrogen-bond acceptors (Lipinski definition) is 1. The van der Waals surface area contributed by atoms with Gasteiger partial charge in [-0.2, -0.15) is 0 Å². The van der Waals surface area contributed by atoms with Gasteiger partial charge in [-0.05, 0) is 42.4 Å². The summed E-state index contributed by atoms with van der Waals surface area (Å²) in [7, 11) is -1.86. The highest BCUT2D eigenvalue weighted by Crippen LogP contribution is 2.39. The summed E-state index contributed by atoms with van der Waals surface area (Å²) in [5.74, 6) is 0.394. The molecule has 1 aromatic rings. The number of rotatable bonds is 3. The van der Waals surface area contributed by atoms with Crippen LogP contribution in [0.3, 0.4) is 0 Å². The highest BCUT2D eigenvalue weighted by Gasteiger charge is 2.39. The van der Waals surface area contributed by atoms with Crippen LogP contribution >= 0.6 is 0 Å². The van der Waals surface area contributed by atoms with Crippen molar-refractivity contribution in [1.82, 2.24) is 0 Å². The van der Waals surface area contributed by atoms with Gasteiger partial charge in [0.2, 0.25) is 8.32 Å². The topological polar surface area (TPSA) is 9.23 Å². The number of hydrogen-bond donors (Lipinski definition) is 0. The largest absolute Gasteiger partial charge is 0.543 e. The molecule has 0 aliphatic carbocycles. The van der Waals surface area contributed by atoms with Gasteiger partial charge in [0.25, 0.3) is 0 Å². The van der Waals surface area contributed by atoms with Crippen molar-refractivity contribution in [2.45, 2.75) is 38.9 Å². The molecule has 0 saturated carbocycles. The predicted molar refractivity (Wildman–Crippen MR) is 73.7 cm³/mol. The molecule has 0 aromatic heterocycles. The van der Waals surface area contributed by atoms with Crippen molar-refractivity contribution in [1.29, 1.82) is 0 Å². The van der Waals surface area contributed by atoms with Crippen LogP contribution in [0.25, 0.3) is 5.76 Å². The monoisotopic (exact) mass is 252 g/mol. The van der Waals surface area contributed by atoms with Gasteiger partial charge in [0.1, 0.15) is 11.6 Å². The molecule has 0 fully saturated rings. The quantitative estimate of drug-likeness (QED) is 0.553. The average molecular weight is 252 g/mol. The first kappa shape index (κ1) is 14.0. The van der Waals surface area contributed by atoms with E-state index in [0.29, 0.717) is 5.76 Å². The summed E-state index contributed by atoms with van der Waals surface area (Å²) in [6.45, 7) is 14.8. The summed E-state index contributed by atoms with van der Waals surface area (Å²) < 4.78 is 18.9. The Balaban J connectivity index is 2.83. The lowest BCUT2D eigenvalue weighted by atomic mass is 10.2. The Morgan fingerprint density at radius 3 is 2.06 bits per heavy atom. The fourth-order valence-corrected chi connectivity index (χ4v) is 2.20. The summed E-state index contributed by atoms with van der Waals surface area (Å²) >= 11 is 0. The van der Waals surface area contributed by atoms with Crippen LogP contribution in [0.2, 0.25) is 18.1 Å². The lowest BCUT2D eigenvalue weighted by molar-refractivity contribution is 0.459.